The highest BCUT2D eigenvalue weighted by Gasteiger charge is 1.99. The first-order chi connectivity index (χ1) is 15.7. The van der Waals surface area contributed by atoms with Crippen LogP contribution in [-0.2, 0) is 0 Å². The molecule has 0 heterocycles. The zero-order valence-corrected chi connectivity index (χ0v) is 19.9. The molecule has 1 amide bonds. The molecule has 0 radical (unpaired) electrons. The molecule has 2 rings (SSSR count). The van der Waals surface area contributed by atoms with Crippen LogP contribution in [0.2, 0.25) is 0 Å². The lowest BCUT2D eigenvalue weighted by molar-refractivity contribution is 0.100. The molecular formula is C29H41NO2. The maximum atomic E-state index is 11.1. The van der Waals surface area contributed by atoms with E-state index in [1.807, 2.05) is 36.4 Å². The molecule has 0 bridgehead atoms. The van der Waals surface area contributed by atoms with Gasteiger partial charge in [-0.25, -0.2) is 0 Å². The van der Waals surface area contributed by atoms with Gasteiger partial charge in [0.05, 0.1) is 6.61 Å². The number of unbranched alkanes of at least 4 members (excludes halogenated alkanes) is 11. The summed E-state index contributed by atoms with van der Waals surface area (Å²) in [5.74, 6) is 0.524. The van der Waals surface area contributed by atoms with Crippen LogP contribution in [0.3, 0.4) is 0 Å². The second kappa shape index (κ2) is 16.1. The Morgan fingerprint density at radius 3 is 1.59 bits per heavy atom. The number of amides is 1. The lowest BCUT2D eigenvalue weighted by atomic mass is 10.1. The van der Waals surface area contributed by atoms with Crippen LogP contribution < -0.4 is 10.5 Å². The number of hydrogen-bond donors (Lipinski definition) is 1. The largest absolute Gasteiger partial charge is 0.494 e. The second-order valence-corrected chi connectivity index (χ2v) is 8.63. The highest BCUT2D eigenvalue weighted by Crippen LogP contribution is 2.16. The summed E-state index contributed by atoms with van der Waals surface area (Å²) >= 11 is 0. The molecule has 2 N–H and O–H groups in total. The number of rotatable bonds is 17. The van der Waals surface area contributed by atoms with E-state index in [1.165, 1.54) is 70.6 Å². The molecule has 3 nitrogen and oxygen atoms in total. The Kier molecular flexibility index (Phi) is 13.0. The Bertz CT molecular complexity index is 778. The minimum atomic E-state index is -0.403. The summed E-state index contributed by atoms with van der Waals surface area (Å²) in [6.45, 7) is 3.07. The van der Waals surface area contributed by atoms with Crippen LogP contribution >= 0.6 is 0 Å². The molecule has 0 aliphatic heterocycles. The van der Waals surface area contributed by atoms with Crippen LogP contribution in [-0.4, -0.2) is 12.5 Å². The fourth-order valence-electron chi connectivity index (χ4n) is 3.76. The van der Waals surface area contributed by atoms with Crippen molar-refractivity contribution >= 4 is 18.1 Å². The average Bonchev–Trinajstić information content (AvgIpc) is 2.81. The summed E-state index contributed by atoms with van der Waals surface area (Å²) in [5.41, 5.74) is 7.94. The Morgan fingerprint density at radius 2 is 1.12 bits per heavy atom. The van der Waals surface area contributed by atoms with Crippen LogP contribution in [0.4, 0.5) is 0 Å². The molecule has 0 fully saturated rings. The first-order valence-corrected chi connectivity index (χ1v) is 12.5. The molecule has 0 aliphatic carbocycles. The third kappa shape index (κ3) is 11.2. The molecule has 0 saturated heterocycles. The summed E-state index contributed by atoms with van der Waals surface area (Å²) in [7, 11) is 0. The lowest BCUT2D eigenvalue weighted by Crippen LogP contribution is -2.10. The van der Waals surface area contributed by atoms with Gasteiger partial charge in [0.15, 0.2) is 0 Å². The van der Waals surface area contributed by atoms with Crippen LogP contribution in [0.1, 0.15) is 105 Å². The topological polar surface area (TPSA) is 52.3 Å². The molecule has 2 aromatic carbocycles. The highest BCUT2D eigenvalue weighted by molar-refractivity contribution is 5.93. The number of primary amides is 1. The van der Waals surface area contributed by atoms with Gasteiger partial charge < -0.3 is 10.5 Å². The number of carbonyl (C=O) groups excluding carboxylic acids is 1. The summed E-state index contributed by atoms with van der Waals surface area (Å²) in [6.07, 6.45) is 20.4. The molecule has 3 heteroatoms. The molecule has 174 valence electrons. The zero-order chi connectivity index (χ0) is 22.9. The van der Waals surface area contributed by atoms with Gasteiger partial charge in [0, 0.05) is 5.56 Å². The van der Waals surface area contributed by atoms with Crippen molar-refractivity contribution in [1.29, 1.82) is 0 Å². The molecule has 0 saturated carbocycles. The molecular weight excluding hydrogens is 394 g/mol. The molecule has 2 aromatic rings. The SMILES string of the molecule is CCCCCCCCCCCCCCOc1ccc(C=Cc2ccc(C(N)=O)cc2)cc1. The third-order valence-corrected chi connectivity index (χ3v) is 5.81. The summed E-state index contributed by atoms with van der Waals surface area (Å²) in [4.78, 5) is 11.1. The van der Waals surface area contributed by atoms with E-state index in [2.05, 4.69) is 19.1 Å². The molecule has 0 aromatic heterocycles. The first kappa shape index (κ1) is 25.7. The Morgan fingerprint density at radius 1 is 0.688 bits per heavy atom. The van der Waals surface area contributed by atoms with Crippen molar-refractivity contribution in [2.24, 2.45) is 5.73 Å². The van der Waals surface area contributed by atoms with Gasteiger partial charge in [-0.1, -0.05) is 114 Å². The van der Waals surface area contributed by atoms with Gasteiger partial charge in [0.25, 0.3) is 0 Å². The first-order valence-electron chi connectivity index (χ1n) is 12.5. The van der Waals surface area contributed by atoms with E-state index in [9.17, 15) is 4.79 Å². The minimum Gasteiger partial charge on any atom is -0.494 e. The number of benzene rings is 2. The van der Waals surface area contributed by atoms with Crippen molar-refractivity contribution < 1.29 is 9.53 Å². The standard InChI is InChI=1S/C29H41NO2/c1-2-3-4-5-6-7-8-9-10-11-12-13-24-32-28-22-18-26(19-23-28)15-14-25-16-20-27(21-17-25)29(30)31/h14-23H,2-13,24H2,1H3,(H2,30,31). The van der Waals surface area contributed by atoms with Crippen LogP contribution in [0.25, 0.3) is 12.2 Å². The fraction of sp³-hybridized carbons (Fsp3) is 0.483. The molecule has 0 atom stereocenters. The van der Waals surface area contributed by atoms with Gasteiger partial charge in [-0.15, -0.1) is 0 Å². The number of carbonyl (C=O) groups is 1. The number of nitrogens with two attached hydrogens (primary N) is 1. The van der Waals surface area contributed by atoms with Crippen molar-refractivity contribution in [2.75, 3.05) is 6.61 Å². The van der Waals surface area contributed by atoms with Crippen molar-refractivity contribution in [3.05, 3.63) is 65.2 Å². The monoisotopic (exact) mass is 435 g/mol. The maximum absolute atomic E-state index is 11.1. The van der Waals surface area contributed by atoms with E-state index < -0.39 is 5.91 Å². The van der Waals surface area contributed by atoms with Gasteiger partial charge in [0.2, 0.25) is 5.91 Å². The molecule has 32 heavy (non-hydrogen) atoms. The van der Waals surface area contributed by atoms with Crippen molar-refractivity contribution in [3.8, 4) is 5.75 Å². The zero-order valence-electron chi connectivity index (χ0n) is 19.9. The Balaban J connectivity index is 1.52. The van der Waals surface area contributed by atoms with Gasteiger partial charge >= 0.3 is 0 Å². The Hall–Kier alpha value is -2.55. The van der Waals surface area contributed by atoms with Crippen molar-refractivity contribution in [1.82, 2.24) is 0 Å². The predicted octanol–water partition coefficient (Wildman–Crippen LogP) is 8.04. The summed E-state index contributed by atoms with van der Waals surface area (Å²) in [5, 5.41) is 0. The molecule has 0 aliphatic rings. The highest BCUT2D eigenvalue weighted by atomic mass is 16.5. The summed E-state index contributed by atoms with van der Waals surface area (Å²) < 4.78 is 5.88. The van der Waals surface area contributed by atoms with Crippen molar-refractivity contribution in [2.45, 2.75) is 84.0 Å². The smallest absolute Gasteiger partial charge is 0.248 e. The van der Waals surface area contributed by atoms with Gasteiger partial charge in [0.1, 0.15) is 5.75 Å². The molecule has 0 spiro atoms. The van der Waals surface area contributed by atoms with E-state index in [-0.39, 0.29) is 0 Å². The minimum absolute atomic E-state index is 0.403. The van der Waals surface area contributed by atoms with E-state index >= 15 is 0 Å². The van der Waals surface area contributed by atoms with Crippen LogP contribution in [0, 0.1) is 0 Å². The van der Waals surface area contributed by atoms with Gasteiger partial charge in [-0.2, -0.15) is 0 Å². The summed E-state index contributed by atoms with van der Waals surface area (Å²) in [6, 6.07) is 15.4. The van der Waals surface area contributed by atoms with E-state index in [0.29, 0.717) is 5.56 Å². The second-order valence-electron chi connectivity index (χ2n) is 8.63. The number of ether oxygens (including phenoxy) is 1. The van der Waals surface area contributed by atoms with E-state index in [4.69, 9.17) is 10.5 Å². The maximum Gasteiger partial charge on any atom is 0.248 e. The van der Waals surface area contributed by atoms with Crippen molar-refractivity contribution in [3.63, 3.8) is 0 Å². The predicted molar refractivity (Wildman–Crippen MR) is 137 cm³/mol. The normalized spacial score (nSPS) is 11.2. The quantitative estimate of drug-likeness (QED) is 0.202. The molecule has 0 unspecified atom stereocenters. The lowest BCUT2D eigenvalue weighted by Gasteiger charge is -2.07. The fourth-order valence-corrected chi connectivity index (χ4v) is 3.76. The van der Waals surface area contributed by atoms with Gasteiger partial charge in [-0.05, 0) is 41.8 Å². The third-order valence-electron chi connectivity index (χ3n) is 5.81. The number of hydrogen-bond acceptors (Lipinski definition) is 2. The Labute approximate surface area is 195 Å². The average molecular weight is 436 g/mol. The van der Waals surface area contributed by atoms with Crippen LogP contribution in [0.5, 0.6) is 5.75 Å². The van der Waals surface area contributed by atoms with E-state index in [1.54, 1.807) is 12.1 Å². The van der Waals surface area contributed by atoms with Gasteiger partial charge in [-0.3, -0.25) is 4.79 Å². The van der Waals surface area contributed by atoms with E-state index in [0.717, 1.165) is 29.9 Å². The van der Waals surface area contributed by atoms with Crippen LogP contribution in [0.15, 0.2) is 48.5 Å².